The Kier molecular flexibility index (Phi) is 6.50. The van der Waals surface area contributed by atoms with Gasteiger partial charge in [0.15, 0.2) is 5.78 Å². The van der Waals surface area contributed by atoms with Gasteiger partial charge < -0.3 is 9.64 Å². The summed E-state index contributed by atoms with van der Waals surface area (Å²) in [6.07, 6.45) is 3.42. The van der Waals surface area contributed by atoms with Crippen LogP contribution in [0.25, 0.3) is 0 Å². The van der Waals surface area contributed by atoms with E-state index in [0.29, 0.717) is 6.42 Å². The topological polar surface area (TPSA) is 46.6 Å². The molecule has 1 aromatic carbocycles. The van der Waals surface area contributed by atoms with Gasteiger partial charge in [-0.2, -0.15) is 0 Å². The minimum atomic E-state index is -0.784. The summed E-state index contributed by atoms with van der Waals surface area (Å²) < 4.78 is 5.00. The minimum Gasteiger partial charge on any atom is -0.465 e. The van der Waals surface area contributed by atoms with Crippen LogP contribution in [0.15, 0.2) is 42.6 Å². The van der Waals surface area contributed by atoms with Crippen molar-refractivity contribution in [2.75, 3.05) is 20.7 Å². The Morgan fingerprint density at radius 1 is 1.25 bits per heavy atom. The zero-order chi connectivity index (χ0) is 15.0. The van der Waals surface area contributed by atoms with E-state index in [4.69, 9.17) is 4.74 Å². The van der Waals surface area contributed by atoms with Gasteiger partial charge in [-0.3, -0.25) is 9.59 Å². The van der Waals surface area contributed by atoms with E-state index in [0.717, 1.165) is 5.56 Å². The molecule has 1 rings (SSSR count). The van der Waals surface area contributed by atoms with Gasteiger partial charge in [-0.05, 0) is 25.0 Å². The first kappa shape index (κ1) is 16.0. The Labute approximate surface area is 120 Å². The van der Waals surface area contributed by atoms with E-state index in [9.17, 15) is 9.59 Å². The lowest BCUT2D eigenvalue weighted by molar-refractivity contribution is -0.150. The van der Waals surface area contributed by atoms with Crippen LogP contribution in [-0.2, 0) is 20.7 Å². The summed E-state index contributed by atoms with van der Waals surface area (Å²) in [4.78, 5) is 25.8. The molecule has 4 heteroatoms. The average Bonchev–Trinajstić information content (AvgIpc) is 2.43. The van der Waals surface area contributed by atoms with Gasteiger partial charge in [0.05, 0.1) is 6.61 Å². The molecular weight excluding hydrogens is 254 g/mol. The third-order valence-electron chi connectivity index (χ3n) is 2.73. The van der Waals surface area contributed by atoms with Crippen molar-refractivity contribution in [3.8, 4) is 0 Å². The normalized spacial score (nSPS) is 12.2. The van der Waals surface area contributed by atoms with Gasteiger partial charge in [-0.15, -0.1) is 0 Å². The molecule has 0 aliphatic carbocycles. The molecule has 20 heavy (non-hydrogen) atoms. The summed E-state index contributed by atoms with van der Waals surface area (Å²) in [5, 5.41) is 0. The van der Waals surface area contributed by atoms with Crippen molar-refractivity contribution in [2.45, 2.75) is 13.3 Å². The van der Waals surface area contributed by atoms with Crippen LogP contribution in [0.2, 0.25) is 0 Å². The van der Waals surface area contributed by atoms with Gasteiger partial charge in [0.25, 0.3) is 0 Å². The van der Waals surface area contributed by atoms with E-state index in [1.54, 1.807) is 18.0 Å². The van der Waals surface area contributed by atoms with E-state index in [1.807, 2.05) is 44.4 Å². The summed E-state index contributed by atoms with van der Waals surface area (Å²) in [6, 6.07) is 9.47. The number of ketones is 1. The Bertz CT molecular complexity index is 466. The third-order valence-corrected chi connectivity index (χ3v) is 2.73. The Morgan fingerprint density at radius 2 is 1.90 bits per heavy atom. The molecular formula is C16H21NO3. The van der Waals surface area contributed by atoms with Crippen molar-refractivity contribution in [3.05, 3.63) is 48.2 Å². The molecule has 0 aliphatic heterocycles. The molecule has 4 nitrogen and oxygen atoms in total. The zero-order valence-electron chi connectivity index (χ0n) is 12.2. The lowest BCUT2D eigenvalue weighted by Crippen LogP contribution is -2.27. The van der Waals surface area contributed by atoms with Crippen LogP contribution in [0.4, 0.5) is 0 Å². The molecule has 0 aliphatic rings. The molecule has 108 valence electrons. The van der Waals surface area contributed by atoms with Crippen molar-refractivity contribution >= 4 is 11.8 Å². The molecule has 0 aromatic heterocycles. The summed E-state index contributed by atoms with van der Waals surface area (Å²) in [5.41, 5.74) is 0.942. The van der Waals surface area contributed by atoms with Crippen LogP contribution in [0, 0.1) is 5.92 Å². The number of rotatable bonds is 7. The number of benzene rings is 1. The lowest BCUT2D eigenvalue weighted by Gasteiger charge is -2.13. The van der Waals surface area contributed by atoms with Crippen LogP contribution >= 0.6 is 0 Å². The van der Waals surface area contributed by atoms with Crippen LogP contribution < -0.4 is 0 Å². The van der Waals surface area contributed by atoms with Gasteiger partial charge in [0.1, 0.15) is 5.92 Å². The Hall–Kier alpha value is -2.10. The van der Waals surface area contributed by atoms with E-state index < -0.39 is 11.9 Å². The molecule has 0 fully saturated rings. The summed E-state index contributed by atoms with van der Waals surface area (Å²) in [7, 11) is 3.64. The molecule has 0 amide bonds. The SMILES string of the molecule is CCOC(=O)C(Cc1ccccc1)C(=O)/C=C/N(C)C. The second kappa shape index (κ2) is 8.15. The monoisotopic (exact) mass is 275 g/mol. The van der Waals surface area contributed by atoms with E-state index >= 15 is 0 Å². The van der Waals surface area contributed by atoms with E-state index in [1.165, 1.54) is 6.08 Å². The van der Waals surface area contributed by atoms with Crippen LogP contribution in [0.3, 0.4) is 0 Å². The van der Waals surface area contributed by atoms with Gasteiger partial charge in [0.2, 0.25) is 0 Å². The highest BCUT2D eigenvalue weighted by molar-refractivity contribution is 6.05. The van der Waals surface area contributed by atoms with Crippen molar-refractivity contribution in [2.24, 2.45) is 5.92 Å². The summed E-state index contributed by atoms with van der Waals surface area (Å²) in [6.45, 7) is 2.01. The molecule has 0 N–H and O–H groups in total. The number of esters is 1. The van der Waals surface area contributed by atoms with Crippen molar-refractivity contribution in [3.63, 3.8) is 0 Å². The number of hydrogen-bond donors (Lipinski definition) is 0. The largest absolute Gasteiger partial charge is 0.465 e. The molecule has 1 unspecified atom stereocenters. The first-order chi connectivity index (χ1) is 9.54. The van der Waals surface area contributed by atoms with Gasteiger partial charge >= 0.3 is 5.97 Å². The maximum absolute atomic E-state index is 12.2. The zero-order valence-corrected chi connectivity index (χ0v) is 12.2. The second-order valence-corrected chi connectivity index (χ2v) is 4.68. The maximum atomic E-state index is 12.2. The Morgan fingerprint density at radius 3 is 2.45 bits per heavy atom. The number of hydrogen-bond acceptors (Lipinski definition) is 4. The second-order valence-electron chi connectivity index (χ2n) is 4.68. The molecule has 0 heterocycles. The number of ether oxygens (including phenoxy) is 1. The predicted molar refractivity (Wildman–Crippen MR) is 78.1 cm³/mol. The molecule has 0 bridgehead atoms. The first-order valence-corrected chi connectivity index (χ1v) is 6.63. The summed E-state index contributed by atoms with van der Waals surface area (Å²) >= 11 is 0. The number of carbonyl (C=O) groups excluding carboxylic acids is 2. The first-order valence-electron chi connectivity index (χ1n) is 6.63. The fourth-order valence-electron chi connectivity index (χ4n) is 1.73. The van der Waals surface area contributed by atoms with Crippen molar-refractivity contribution in [1.29, 1.82) is 0 Å². The number of carbonyl (C=O) groups is 2. The Balaban J connectivity index is 2.85. The number of nitrogens with zero attached hydrogens (tertiary/aromatic N) is 1. The van der Waals surface area contributed by atoms with Crippen LogP contribution in [-0.4, -0.2) is 37.4 Å². The number of allylic oxidation sites excluding steroid dienone is 1. The van der Waals surface area contributed by atoms with Gasteiger partial charge in [0, 0.05) is 20.3 Å². The van der Waals surface area contributed by atoms with Gasteiger partial charge in [-0.25, -0.2) is 0 Å². The van der Waals surface area contributed by atoms with Crippen molar-refractivity contribution in [1.82, 2.24) is 4.90 Å². The quantitative estimate of drug-likeness (QED) is 0.434. The van der Waals surface area contributed by atoms with Crippen LogP contribution in [0.1, 0.15) is 12.5 Å². The minimum absolute atomic E-state index is 0.235. The standard InChI is InChI=1S/C16H21NO3/c1-4-20-16(19)14(15(18)10-11-17(2)3)12-13-8-6-5-7-9-13/h5-11,14H,4,12H2,1-3H3/b11-10+. The molecule has 0 radical (unpaired) electrons. The third kappa shape index (κ3) is 5.26. The molecule has 0 saturated heterocycles. The predicted octanol–water partition coefficient (Wildman–Crippen LogP) is 2.05. The fourth-order valence-corrected chi connectivity index (χ4v) is 1.73. The highest BCUT2D eigenvalue weighted by Gasteiger charge is 2.26. The molecule has 0 saturated carbocycles. The smallest absolute Gasteiger partial charge is 0.317 e. The molecule has 1 aromatic rings. The summed E-state index contributed by atoms with van der Waals surface area (Å²) in [5.74, 6) is -1.49. The van der Waals surface area contributed by atoms with Gasteiger partial charge in [-0.1, -0.05) is 30.3 Å². The van der Waals surface area contributed by atoms with Crippen molar-refractivity contribution < 1.29 is 14.3 Å². The molecule has 1 atom stereocenters. The molecule has 0 spiro atoms. The van der Waals surface area contributed by atoms with E-state index in [-0.39, 0.29) is 12.4 Å². The maximum Gasteiger partial charge on any atom is 0.317 e. The highest BCUT2D eigenvalue weighted by Crippen LogP contribution is 2.13. The van der Waals surface area contributed by atoms with Crippen LogP contribution in [0.5, 0.6) is 0 Å². The average molecular weight is 275 g/mol. The highest BCUT2D eigenvalue weighted by atomic mass is 16.5. The lowest BCUT2D eigenvalue weighted by atomic mass is 9.95. The van der Waals surface area contributed by atoms with E-state index in [2.05, 4.69) is 0 Å². The fraction of sp³-hybridized carbons (Fsp3) is 0.375.